The highest BCUT2D eigenvalue weighted by Gasteiger charge is 2.30. The summed E-state index contributed by atoms with van der Waals surface area (Å²) in [5, 5.41) is 0. The maximum atomic E-state index is 2.40. The summed E-state index contributed by atoms with van der Waals surface area (Å²) < 4.78 is 0. The average Bonchev–Trinajstić information content (AvgIpc) is 3.04. The van der Waals surface area contributed by atoms with Crippen LogP contribution >= 0.6 is 0 Å². The van der Waals surface area contributed by atoms with Crippen LogP contribution in [0.1, 0.15) is 47.2 Å². The molecule has 0 fully saturated rings. The second-order valence-electron chi connectivity index (χ2n) is 5.96. The minimum absolute atomic E-state index is 0.583. The van der Waals surface area contributed by atoms with Crippen molar-refractivity contribution < 1.29 is 0 Å². The molecular weight excluding hydrogens is 268 g/mol. The monoisotopic (exact) mass is 286 g/mol. The minimum Gasteiger partial charge on any atom is -0.0796 e. The highest BCUT2D eigenvalue weighted by Crippen LogP contribution is 2.43. The summed E-state index contributed by atoms with van der Waals surface area (Å²) in [6.45, 7) is 4.59. The topological polar surface area (TPSA) is 0 Å². The first kappa shape index (κ1) is 12.8. The third-order valence-corrected chi connectivity index (χ3v) is 6.79. The van der Waals surface area contributed by atoms with E-state index in [0.29, 0.717) is 11.1 Å². The molecule has 0 bridgehead atoms. The predicted molar refractivity (Wildman–Crippen MR) is 91.4 cm³/mol. The summed E-state index contributed by atoms with van der Waals surface area (Å²) in [5.41, 5.74) is 10.1. The van der Waals surface area contributed by atoms with Crippen LogP contribution in [0.3, 0.4) is 0 Å². The molecule has 2 radical (unpaired) electrons. The van der Waals surface area contributed by atoms with Crippen LogP contribution < -0.4 is 0 Å². The van der Waals surface area contributed by atoms with E-state index in [4.69, 9.17) is 0 Å². The second-order valence-corrected chi connectivity index (χ2v) is 7.49. The van der Waals surface area contributed by atoms with E-state index in [1.54, 1.807) is 5.57 Å². The number of hydrogen-bond acceptors (Lipinski definition) is 0. The SMILES string of the molecule is CC1=C(C)C([Si]C2C=Cc3ccccc32)c2ccccc21. The van der Waals surface area contributed by atoms with Crippen LogP contribution in [0.25, 0.3) is 11.6 Å². The molecule has 2 aliphatic carbocycles. The highest BCUT2D eigenvalue weighted by atomic mass is 28.2. The largest absolute Gasteiger partial charge is 0.0796 e. The van der Waals surface area contributed by atoms with E-state index in [1.165, 1.54) is 27.8 Å². The van der Waals surface area contributed by atoms with Gasteiger partial charge in [-0.15, -0.1) is 0 Å². The Bertz CT molecular complexity index is 767. The van der Waals surface area contributed by atoms with Crippen LogP contribution in [0.4, 0.5) is 0 Å². The predicted octanol–water partition coefficient (Wildman–Crippen LogP) is 5.01. The average molecular weight is 286 g/mol. The number of hydrogen-bond donors (Lipinski definition) is 0. The van der Waals surface area contributed by atoms with Gasteiger partial charge in [0.1, 0.15) is 0 Å². The summed E-state index contributed by atoms with van der Waals surface area (Å²) >= 11 is 0. The van der Waals surface area contributed by atoms with Crippen molar-refractivity contribution in [3.05, 3.63) is 82.4 Å². The number of allylic oxidation sites excluding steroid dienone is 3. The molecular formula is C20H18Si. The Kier molecular flexibility index (Phi) is 2.97. The Morgan fingerprint density at radius 1 is 0.857 bits per heavy atom. The highest BCUT2D eigenvalue weighted by molar-refractivity contribution is 6.43. The normalized spacial score (nSPS) is 22.6. The van der Waals surface area contributed by atoms with Crippen LogP contribution in [0.5, 0.6) is 0 Å². The smallest absolute Gasteiger partial charge is 0.0674 e. The molecule has 0 saturated heterocycles. The van der Waals surface area contributed by atoms with Gasteiger partial charge in [0.2, 0.25) is 0 Å². The summed E-state index contributed by atoms with van der Waals surface area (Å²) in [7, 11) is 0.895. The minimum atomic E-state index is 0.583. The lowest BCUT2D eigenvalue weighted by atomic mass is 10.1. The zero-order valence-electron chi connectivity index (χ0n) is 12.4. The molecule has 4 rings (SSSR count). The zero-order valence-corrected chi connectivity index (χ0v) is 13.4. The molecule has 102 valence electrons. The standard InChI is InChI=1S/C20H18Si/c1-13-14(2)20(18-10-6-5-8-16(13)18)21-19-12-11-15-7-3-4-9-17(15)19/h3-12,19-20H,1-2H3. The van der Waals surface area contributed by atoms with Crippen molar-refractivity contribution >= 4 is 21.2 Å². The maximum Gasteiger partial charge on any atom is 0.0674 e. The van der Waals surface area contributed by atoms with Crippen molar-refractivity contribution in [3.8, 4) is 0 Å². The molecule has 0 saturated carbocycles. The molecule has 0 N–H and O–H groups in total. The van der Waals surface area contributed by atoms with Gasteiger partial charge in [-0.3, -0.25) is 0 Å². The van der Waals surface area contributed by atoms with E-state index in [0.717, 1.165) is 9.52 Å². The molecule has 2 unspecified atom stereocenters. The third-order valence-electron chi connectivity index (χ3n) is 4.85. The van der Waals surface area contributed by atoms with Gasteiger partial charge in [0.25, 0.3) is 0 Å². The molecule has 0 spiro atoms. The van der Waals surface area contributed by atoms with Gasteiger partial charge in [-0.1, -0.05) is 66.3 Å². The number of rotatable bonds is 2. The Morgan fingerprint density at radius 3 is 2.43 bits per heavy atom. The van der Waals surface area contributed by atoms with Crippen molar-refractivity contribution in [2.75, 3.05) is 0 Å². The number of fused-ring (bicyclic) bond motifs is 2. The van der Waals surface area contributed by atoms with Crippen LogP contribution in [-0.4, -0.2) is 9.52 Å². The van der Waals surface area contributed by atoms with Crippen molar-refractivity contribution in [3.63, 3.8) is 0 Å². The first-order valence-electron chi connectivity index (χ1n) is 7.55. The van der Waals surface area contributed by atoms with Crippen LogP contribution in [-0.2, 0) is 0 Å². The Morgan fingerprint density at radius 2 is 1.57 bits per heavy atom. The van der Waals surface area contributed by atoms with E-state index >= 15 is 0 Å². The van der Waals surface area contributed by atoms with Crippen molar-refractivity contribution in [1.82, 2.24) is 0 Å². The van der Waals surface area contributed by atoms with Gasteiger partial charge in [0.15, 0.2) is 0 Å². The fraction of sp³-hybridized carbons (Fsp3) is 0.200. The molecule has 1 heteroatoms. The van der Waals surface area contributed by atoms with Gasteiger partial charge in [-0.2, -0.15) is 0 Å². The maximum absolute atomic E-state index is 2.40. The van der Waals surface area contributed by atoms with Crippen molar-refractivity contribution in [2.24, 2.45) is 0 Å². The summed E-state index contributed by atoms with van der Waals surface area (Å²) in [6, 6.07) is 17.8. The number of benzene rings is 2. The van der Waals surface area contributed by atoms with Gasteiger partial charge < -0.3 is 0 Å². The molecule has 2 aliphatic rings. The Hall–Kier alpha value is -1.86. The molecule has 2 aromatic carbocycles. The van der Waals surface area contributed by atoms with E-state index < -0.39 is 0 Å². The lowest BCUT2D eigenvalue weighted by Crippen LogP contribution is -2.14. The van der Waals surface area contributed by atoms with Gasteiger partial charge in [-0.05, 0) is 52.8 Å². The van der Waals surface area contributed by atoms with E-state index in [1.807, 2.05) is 0 Å². The van der Waals surface area contributed by atoms with Crippen LogP contribution in [0, 0.1) is 0 Å². The first-order chi connectivity index (χ1) is 10.3. The third kappa shape index (κ3) is 1.96. The Labute approximate surface area is 129 Å². The van der Waals surface area contributed by atoms with Crippen molar-refractivity contribution in [1.29, 1.82) is 0 Å². The quantitative estimate of drug-likeness (QED) is 0.681. The Balaban J connectivity index is 1.69. The van der Waals surface area contributed by atoms with Gasteiger partial charge in [-0.25, -0.2) is 0 Å². The molecule has 2 aromatic rings. The fourth-order valence-corrected chi connectivity index (χ4v) is 5.45. The molecule has 0 amide bonds. The van der Waals surface area contributed by atoms with E-state index in [9.17, 15) is 0 Å². The van der Waals surface area contributed by atoms with E-state index in [-0.39, 0.29) is 0 Å². The lowest BCUT2D eigenvalue weighted by Gasteiger charge is -2.18. The fourth-order valence-electron chi connectivity index (χ4n) is 3.54. The first-order valence-corrected chi connectivity index (χ1v) is 8.71. The molecule has 0 heterocycles. The summed E-state index contributed by atoms with van der Waals surface area (Å²) in [5.74, 6) is 0. The summed E-state index contributed by atoms with van der Waals surface area (Å²) in [6.07, 6.45) is 4.69. The van der Waals surface area contributed by atoms with E-state index in [2.05, 4.69) is 74.5 Å². The molecule has 0 aliphatic heterocycles. The molecule has 2 atom stereocenters. The van der Waals surface area contributed by atoms with Gasteiger partial charge in [0.05, 0.1) is 9.52 Å². The van der Waals surface area contributed by atoms with Gasteiger partial charge in [0, 0.05) is 0 Å². The van der Waals surface area contributed by atoms with Gasteiger partial charge >= 0.3 is 0 Å². The molecule has 0 aromatic heterocycles. The zero-order chi connectivity index (χ0) is 14.4. The van der Waals surface area contributed by atoms with Crippen LogP contribution in [0.2, 0.25) is 0 Å². The summed E-state index contributed by atoms with van der Waals surface area (Å²) in [4.78, 5) is 0. The van der Waals surface area contributed by atoms with Crippen molar-refractivity contribution in [2.45, 2.75) is 24.9 Å². The molecule has 0 nitrogen and oxygen atoms in total. The molecule has 21 heavy (non-hydrogen) atoms. The van der Waals surface area contributed by atoms with Crippen LogP contribution in [0.15, 0.2) is 60.2 Å². The lowest BCUT2D eigenvalue weighted by molar-refractivity contribution is 1.07. The second kappa shape index (κ2) is 4.85.